The predicted molar refractivity (Wildman–Crippen MR) is 106 cm³/mol. The van der Waals surface area contributed by atoms with Gasteiger partial charge in [-0.2, -0.15) is 5.10 Å². The number of hydrogen-bond donors (Lipinski definition) is 1. The molecule has 29 heavy (non-hydrogen) atoms. The first-order chi connectivity index (χ1) is 13.8. The molecule has 0 unspecified atom stereocenters. The molecule has 154 valence electrons. The molecule has 8 heteroatoms. The van der Waals surface area contributed by atoms with E-state index in [1.54, 1.807) is 13.1 Å². The van der Waals surface area contributed by atoms with Crippen LogP contribution in [0.25, 0.3) is 11.0 Å². The Balaban J connectivity index is 1.49. The molecule has 0 bridgehead atoms. The lowest BCUT2D eigenvalue weighted by atomic mass is 9.73. The van der Waals surface area contributed by atoms with Gasteiger partial charge in [-0.25, -0.2) is 19.0 Å². The zero-order valence-electron chi connectivity index (χ0n) is 17.0. The number of aromatic amines is 1. The van der Waals surface area contributed by atoms with Gasteiger partial charge in [-0.1, -0.05) is 0 Å². The molecular weight excluding hydrogens is 373 g/mol. The molecule has 1 N–H and O–H groups in total. The Kier molecular flexibility index (Phi) is 4.15. The van der Waals surface area contributed by atoms with Crippen LogP contribution in [0.1, 0.15) is 86.5 Å². The Morgan fingerprint density at radius 1 is 1.17 bits per heavy atom. The summed E-state index contributed by atoms with van der Waals surface area (Å²) in [5, 5.41) is 4.93. The molecule has 3 heterocycles. The van der Waals surface area contributed by atoms with Gasteiger partial charge in [0.15, 0.2) is 11.5 Å². The molecular formula is C21H26FN5O2. The third-order valence-corrected chi connectivity index (χ3v) is 6.81. The highest BCUT2D eigenvalue weighted by Gasteiger charge is 2.39. The number of oxazole rings is 1. The molecule has 0 amide bonds. The van der Waals surface area contributed by atoms with Gasteiger partial charge in [0.05, 0.1) is 17.9 Å². The molecule has 5 rings (SSSR count). The standard InChI is InChI=1S/C21H26FN5O2/c1-11-12(2)29-20(24-11)15-5-4-14(15)17-25-18-16(19(28)26-17)10-23-27(18)13-6-8-21(3,22)9-7-13/h10,13-15H,4-9H2,1-3H3,(H,25,26,28)/t13?,14-,15+,21?/m1/s1. The van der Waals surface area contributed by atoms with Crippen molar-refractivity contribution in [1.29, 1.82) is 0 Å². The number of fused-ring (bicyclic) bond motifs is 1. The molecule has 0 spiro atoms. The van der Waals surface area contributed by atoms with E-state index in [1.165, 1.54) is 0 Å². The Bertz CT molecular complexity index is 1100. The van der Waals surface area contributed by atoms with Crippen LogP contribution in [0.4, 0.5) is 4.39 Å². The summed E-state index contributed by atoms with van der Waals surface area (Å²) in [5.74, 6) is 2.43. The van der Waals surface area contributed by atoms with Crippen molar-refractivity contribution >= 4 is 11.0 Å². The highest BCUT2D eigenvalue weighted by molar-refractivity contribution is 5.73. The lowest BCUT2D eigenvalue weighted by molar-refractivity contribution is 0.103. The number of alkyl halides is 1. The van der Waals surface area contributed by atoms with Crippen LogP contribution < -0.4 is 5.56 Å². The predicted octanol–water partition coefficient (Wildman–Crippen LogP) is 4.23. The van der Waals surface area contributed by atoms with E-state index in [-0.39, 0.29) is 23.4 Å². The Morgan fingerprint density at radius 2 is 1.90 bits per heavy atom. The Hall–Kier alpha value is -2.51. The molecule has 7 nitrogen and oxygen atoms in total. The van der Waals surface area contributed by atoms with Gasteiger partial charge in [0.25, 0.3) is 5.56 Å². The van der Waals surface area contributed by atoms with Crippen LogP contribution in [-0.2, 0) is 0 Å². The average molecular weight is 399 g/mol. The second-order valence-corrected chi connectivity index (χ2v) is 8.91. The molecule has 0 aromatic carbocycles. The monoisotopic (exact) mass is 399 g/mol. The van der Waals surface area contributed by atoms with E-state index in [0.29, 0.717) is 42.5 Å². The van der Waals surface area contributed by atoms with Crippen LogP contribution in [0.5, 0.6) is 0 Å². The summed E-state index contributed by atoms with van der Waals surface area (Å²) < 4.78 is 21.9. The molecule has 2 aliphatic rings. The van der Waals surface area contributed by atoms with Crippen molar-refractivity contribution in [3.8, 4) is 0 Å². The lowest BCUT2D eigenvalue weighted by Crippen LogP contribution is -2.29. The summed E-state index contributed by atoms with van der Waals surface area (Å²) in [6, 6.07) is 0.0766. The third-order valence-electron chi connectivity index (χ3n) is 6.81. The maximum Gasteiger partial charge on any atom is 0.262 e. The number of rotatable bonds is 3. The second kappa shape index (κ2) is 6.50. The van der Waals surface area contributed by atoms with E-state index in [0.717, 1.165) is 30.2 Å². The number of nitrogens with zero attached hydrogens (tertiary/aromatic N) is 4. The third kappa shape index (κ3) is 3.09. The SMILES string of the molecule is Cc1nc([C@H]2CC[C@H]2c2nc3c(cnn3C3CCC(C)(F)CC3)c(=O)[nH]2)oc1C. The van der Waals surface area contributed by atoms with Crippen molar-refractivity contribution < 1.29 is 8.81 Å². The number of hydrogen-bond acceptors (Lipinski definition) is 5. The molecule has 0 saturated heterocycles. The highest BCUT2D eigenvalue weighted by atomic mass is 19.1. The molecule has 2 atom stereocenters. The van der Waals surface area contributed by atoms with Crippen LogP contribution in [0, 0.1) is 13.8 Å². The number of nitrogens with one attached hydrogen (secondary N) is 1. The Morgan fingerprint density at radius 3 is 2.52 bits per heavy atom. The van der Waals surface area contributed by atoms with Crippen LogP contribution in [0.15, 0.2) is 15.4 Å². The summed E-state index contributed by atoms with van der Waals surface area (Å²) >= 11 is 0. The van der Waals surface area contributed by atoms with Gasteiger partial charge in [-0.15, -0.1) is 0 Å². The molecule has 2 saturated carbocycles. The molecule has 3 aromatic heterocycles. The highest BCUT2D eigenvalue weighted by Crippen LogP contribution is 2.48. The maximum atomic E-state index is 14.2. The number of halogens is 1. The van der Waals surface area contributed by atoms with Crippen LogP contribution >= 0.6 is 0 Å². The van der Waals surface area contributed by atoms with E-state index < -0.39 is 5.67 Å². The van der Waals surface area contributed by atoms with Crippen LogP contribution in [0.3, 0.4) is 0 Å². The van der Waals surface area contributed by atoms with Gasteiger partial charge < -0.3 is 9.40 Å². The summed E-state index contributed by atoms with van der Waals surface area (Å²) in [5.41, 5.74) is 0.216. The van der Waals surface area contributed by atoms with Crippen molar-refractivity contribution in [2.24, 2.45) is 0 Å². The first-order valence-electron chi connectivity index (χ1n) is 10.4. The lowest BCUT2D eigenvalue weighted by Gasteiger charge is -2.33. The smallest absolute Gasteiger partial charge is 0.262 e. The van der Waals surface area contributed by atoms with Crippen molar-refractivity contribution in [3.63, 3.8) is 0 Å². The normalized spacial score (nSPS) is 29.9. The van der Waals surface area contributed by atoms with E-state index in [1.807, 2.05) is 18.5 Å². The largest absolute Gasteiger partial charge is 0.445 e. The van der Waals surface area contributed by atoms with Crippen molar-refractivity contribution in [1.82, 2.24) is 24.7 Å². The zero-order chi connectivity index (χ0) is 20.3. The summed E-state index contributed by atoms with van der Waals surface area (Å²) in [4.78, 5) is 25.0. The van der Waals surface area contributed by atoms with E-state index >= 15 is 0 Å². The van der Waals surface area contributed by atoms with Crippen LogP contribution in [0.2, 0.25) is 0 Å². The number of aryl methyl sites for hydroxylation is 2. The fourth-order valence-corrected chi connectivity index (χ4v) is 4.62. The zero-order valence-corrected chi connectivity index (χ0v) is 17.0. The first-order valence-corrected chi connectivity index (χ1v) is 10.4. The minimum absolute atomic E-state index is 0.0766. The molecule has 0 radical (unpaired) electrons. The summed E-state index contributed by atoms with van der Waals surface area (Å²) in [6.07, 6.45) is 5.88. The van der Waals surface area contributed by atoms with E-state index in [9.17, 15) is 9.18 Å². The number of aromatic nitrogens is 5. The minimum atomic E-state index is -1.11. The fraction of sp³-hybridized carbons (Fsp3) is 0.619. The summed E-state index contributed by atoms with van der Waals surface area (Å²) in [6.45, 7) is 5.51. The quantitative estimate of drug-likeness (QED) is 0.712. The van der Waals surface area contributed by atoms with Crippen molar-refractivity contribution in [2.45, 2.75) is 82.8 Å². The molecule has 2 fully saturated rings. The van der Waals surface area contributed by atoms with Gasteiger partial charge >= 0.3 is 0 Å². The van der Waals surface area contributed by atoms with Gasteiger partial charge in [-0.05, 0) is 59.3 Å². The second-order valence-electron chi connectivity index (χ2n) is 8.91. The average Bonchev–Trinajstić information content (AvgIpc) is 3.18. The van der Waals surface area contributed by atoms with E-state index in [2.05, 4.69) is 15.1 Å². The number of H-pyrrole nitrogens is 1. The summed E-state index contributed by atoms with van der Waals surface area (Å²) in [7, 11) is 0. The Labute approximate surface area is 167 Å². The van der Waals surface area contributed by atoms with Gasteiger partial charge in [0.2, 0.25) is 0 Å². The van der Waals surface area contributed by atoms with E-state index in [4.69, 9.17) is 9.40 Å². The van der Waals surface area contributed by atoms with Gasteiger partial charge in [0, 0.05) is 11.8 Å². The minimum Gasteiger partial charge on any atom is -0.445 e. The maximum absolute atomic E-state index is 14.2. The van der Waals surface area contributed by atoms with Gasteiger partial charge in [-0.3, -0.25) is 4.79 Å². The van der Waals surface area contributed by atoms with Crippen molar-refractivity contribution in [3.05, 3.63) is 39.7 Å². The fourth-order valence-electron chi connectivity index (χ4n) is 4.62. The topological polar surface area (TPSA) is 89.6 Å². The van der Waals surface area contributed by atoms with Crippen molar-refractivity contribution in [2.75, 3.05) is 0 Å². The molecule has 3 aromatic rings. The first kappa shape index (κ1) is 18.5. The molecule has 0 aliphatic heterocycles. The van der Waals surface area contributed by atoms with Crippen LogP contribution in [-0.4, -0.2) is 30.4 Å². The molecule has 2 aliphatic carbocycles. The van der Waals surface area contributed by atoms with Gasteiger partial charge in [0.1, 0.15) is 22.6 Å².